The Labute approximate surface area is 146 Å². The van der Waals surface area contributed by atoms with Crippen molar-refractivity contribution in [2.24, 2.45) is 0 Å². The first-order chi connectivity index (χ1) is 12.2. The lowest BCUT2D eigenvalue weighted by Crippen LogP contribution is -2.12. The standard InChI is InChI=1S/C20H19FN2O2/c1-24-18-6-8-19(9-7-18)25-20-10-5-16(14-23-20)13-22-12-15-3-2-4-17(21)11-15/h2-11,14,22H,12-13H2,1H3. The Hall–Kier alpha value is -2.92. The molecule has 1 aromatic heterocycles. The SMILES string of the molecule is COc1ccc(Oc2ccc(CNCc3cccc(F)c3)cn2)cc1. The number of hydrogen-bond donors (Lipinski definition) is 1. The Morgan fingerprint density at radius 2 is 1.68 bits per heavy atom. The lowest BCUT2D eigenvalue weighted by atomic mass is 10.2. The molecule has 0 aliphatic rings. The molecule has 0 fully saturated rings. The van der Waals surface area contributed by atoms with Gasteiger partial charge in [-0.1, -0.05) is 18.2 Å². The maximum atomic E-state index is 13.1. The maximum Gasteiger partial charge on any atom is 0.219 e. The third kappa shape index (κ3) is 5.02. The zero-order chi connectivity index (χ0) is 17.5. The minimum atomic E-state index is -0.221. The van der Waals surface area contributed by atoms with Gasteiger partial charge in [-0.2, -0.15) is 0 Å². The first-order valence-electron chi connectivity index (χ1n) is 7.95. The molecule has 128 valence electrons. The molecule has 4 nitrogen and oxygen atoms in total. The first-order valence-corrected chi connectivity index (χ1v) is 7.95. The van der Waals surface area contributed by atoms with Crippen LogP contribution >= 0.6 is 0 Å². The van der Waals surface area contributed by atoms with E-state index < -0.39 is 0 Å². The number of halogens is 1. The van der Waals surface area contributed by atoms with Gasteiger partial charge in [-0.15, -0.1) is 0 Å². The number of pyridine rings is 1. The van der Waals surface area contributed by atoms with Gasteiger partial charge in [0.1, 0.15) is 17.3 Å². The normalized spacial score (nSPS) is 10.5. The van der Waals surface area contributed by atoms with E-state index in [1.807, 2.05) is 42.5 Å². The average molecular weight is 338 g/mol. The highest BCUT2D eigenvalue weighted by molar-refractivity contribution is 5.33. The number of aromatic nitrogens is 1. The molecule has 0 aliphatic heterocycles. The molecule has 1 N–H and O–H groups in total. The molecule has 3 rings (SSSR count). The lowest BCUT2D eigenvalue weighted by molar-refractivity contribution is 0.412. The molecule has 0 aliphatic carbocycles. The van der Waals surface area contributed by atoms with E-state index in [2.05, 4.69) is 10.3 Å². The van der Waals surface area contributed by atoms with Crippen LogP contribution in [0.25, 0.3) is 0 Å². The number of nitrogens with one attached hydrogen (secondary N) is 1. The van der Waals surface area contributed by atoms with Gasteiger partial charge in [-0.05, 0) is 47.5 Å². The monoisotopic (exact) mass is 338 g/mol. The highest BCUT2D eigenvalue weighted by Gasteiger charge is 2.01. The van der Waals surface area contributed by atoms with Crippen LogP contribution in [0.4, 0.5) is 4.39 Å². The van der Waals surface area contributed by atoms with Crippen LogP contribution < -0.4 is 14.8 Å². The molecule has 0 amide bonds. The summed E-state index contributed by atoms with van der Waals surface area (Å²) in [4.78, 5) is 4.30. The van der Waals surface area contributed by atoms with Crippen molar-refractivity contribution in [1.82, 2.24) is 10.3 Å². The van der Waals surface area contributed by atoms with E-state index in [4.69, 9.17) is 9.47 Å². The average Bonchev–Trinajstić information content (AvgIpc) is 2.64. The maximum absolute atomic E-state index is 13.1. The van der Waals surface area contributed by atoms with Crippen molar-refractivity contribution in [3.63, 3.8) is 0 Å². The molecule has 0 unspecified atom stereocenters. The van der Waals surface area contributed by atoms with Crippen molar-refractivity contribution < 1.29 is 13.9 Å². The molecule has 3 aromatic rings. The van der Waals surface area contributed by atoms with Gasteiger partial charge in [0.15, 0.2) is 0 Å². The van der Waals surface area contributed by atoms with E-state index >= 15 is 0 Å². The number of ether oxygens (including phenoxy) is 2. The third-order valence-corrected chi connectivity index (χ3v) is 3.63. The van der Waals surface area contributed by atoms with Crippen LogP contribution in [0.2, 0.25) is 0 Å². The fraction of sp³-hybridized carbons (Fsp3) is 0.150. The molecule has 0 spiro atoms. The number of nitrogens with zero attached hydrogens (tertiary/aromatic N) is 1. The Morgan fingerprint density at radius 3 is 2.36 bits per heavy atom. The van der Waals surface area contributed by atoms with Crippen LogP contribution in [0.5, 0.6) is 17.4 Å². The van der Waals surface area contributed by atoms with Crippen LogP contribution in [0, 0.1) is 5.82 Å². The summed E-state index contributed by atoms with van der Waals surface area (Å²) in [6.45, 7) is 1.24. The molecule has 25 heavy (non-hydrogen) atoms. The quantitative estimate of drug-likeness (QED) is 0.697. The minimum absolute atomic E-state index is 0.221. The molecule has 0 saturated carbocycles. The predicted molar refractivity (Wildman–Crippen MR) is 94.2 cm³/mol. The van der Waals surface area contributed by atoms with Crippen molar-refractivity contribution in [2.75, 3.05) is 7.11 Å². The molecule has 0 bridgehead atoms. The summed E-state index contributed by atoms with van der Waals surface area (Å²) in [6, 6.07) is 17.7. The van der Waals surface area contributed by atoms with Gasteiger partial charge >= 0.3 is 0 Å². The highest BCUT2D eigenvalue weighted by atomic mass is 19.1. The Morgan fingerprint density at radius 1 is 0.920 bits per heavy atom. The molecule has 0 atom stereocenters. The highest BCUT2D eigenvalue weighted by Crippen LogP contribution is 2.22. The number of benzene rings is 2. The zero-order valence-electron chi connectivity index (χ0n) is 13.9. The summed E-state index contributed by atoms with van der Waals surface area (Å²) < 4.78 is 23.9. The van der Waals surface area contributed by atoms with E-state index in [1.165, 1.54) is 12.1 Å². The summed E-state index contributed by atoms with van der Waals surface area (Å²) >= 11 is 0. The van der Waals surface area contributed by atoms with Crippen LogP contribution in [-0.4, -0.2) is 12.1 Å². The van der Waals surface area contributed by atoms with E-state index in [1.54, 1.807) is 19.4 Å². The second-order valence-corrected chi connectivity index (χ2v) is 5.52. The third-order valence-electron chi connectivity index (χ3n) is 3.63. The van der Waals surface area contributed by atoms with Gasteiger partial charge in [-0.25, -0.2) is 9.37 Å². The first kappa shape index (κ1) is 16.9. The molecule has 2 aromatic carbocycles. The Balaban J connectivity index is 1.51. The van der Waals surface area contributed by atoms with Crippen LogP contribution in [-0.2, 0) is 13.1 Å². The van der Waals surface area contributed by atoms with Crippen molar-refractivity contribution in [3.05, 3.63) is 83.8 Å². The van der Waals surface area contributed by atoms with Crippen LogP contribution in [0.1, 0.15) is 11.1 Å². The molecule has 1 heterocycles. The van der Waals surface area contributed by atoms with Gasteiger partial charge in [-0.3, -0.25) is 0 Å². The summed E-state index contributed by atoms with van der Waals surface area (Å²) in [5.41, 5.74) is 1.94. The van der Waals surface area contributed by atoms with E-state index in [-0.39, 0.29) is 5.82 Å². The van der Waals surface area contributed by atoms with Crippen LogP contribution in [0.15, 0.2) is 66.9 Å². The number of hydrogen-bond acceptors (Lipinski definition) is 4. The van der Waals surface area contributed by atoms with Crippen molar-refractivity contribution in [2.45, 2.75) is 13.1 Å². The summed E-state index contributed by atoms with van der Waals surface area (Å²) in [6.07, 6.45) is 1.76. The van der Waals surface area contributed by atoms with E-state index in [9.17, 15) is 4.39 Å². The van der Waals surface area contributed by atoms with Gasteiger partial charge in [0.25, 0.3) is 0 Å². The fourth-order valence-electron chi connectivity index (χ4n) is 2.34. The minimum Gasteiger partial charge on any atom is -0.497 e. The topological polar surface area (TPSA) is 43.4 Å². The summed E-state index contributed by atoms with van der Waals surface area (Å²) in [7, 11) is 1.62. The Bertz CT molecular complexity index is 805. The van der Waals surface area contributed by atoms with Crippen LogP contribution in [0.3, 0.4) is 0 Å². The molecule has 0 saturated heterocycles. The van der Waals surface area contributed by atoms with Gasteiger partial charge in [0, 0.05) is 25.4 Å². The summed E-state index contributed by atoms with van der Waals surface area (Å²) in [5.74, 6) is 1.78. The number of methoxy groups -OCH3 is 1. The molecular formula is C20H19FN2O2. The van der Waals surface area contributed by atoms with Crippen molar-refractivity contribution >= 4 is 0 Å². The van der Waals surface area contributed by atoms with E-state index in [0.717, 1.165) is 16.9 Å². The van der Waals surface area contributed by atoms with E-state index in [0.29, 0.717) is 24.7 Å². The largest absolute Gasteiger partial charge is 0.497 e. The molecular weight excluding hydrogens is 319 g/mol. The van der Waals surface area contributed by atoms with Gasteiger partial charge in [0.2, 0.25) is 5.88 Å². The van der Waals surface area contributed by atoms with Gasteiger partial charge < -0.3 is 14.8 Å². The number of rotatable bonds is 7. The molecule has 5 heteroatoms. The predicted octanol–water partition coefficient (Wildman–Crippen LogP) is 4.31. The second-order valence-electron chi connectivity index (χ2n) is 5.52. The Kier molecular flexibility index (Phi) is 5.59. The lowest BCUT2D eigenvalue weighted by Gasteiger charge is -2.08. The smallest absolute Gasteiger partial charge is 0.219 e. The second kappa shape index (κ2) is 8.26. The zero-order valence-corrected chi connectivity index (χ0v) is 13.9. The van der Waals surface area contributed by atoms with Gasteiger partial charge in [0.05, 0.1) is 7.11 Å². The van der Waals surface area contributed by atoms with Crippen molar-refractivity contribution in [1.29, 1.82) is 0 Å². The molecule has 0 radical (unpaired) electrons. The summed E-state index contributed by atoms with van der Waals surface area (Å²) in [5, 5.41) is 3.27. The van der Waals surface area contributed by atoms with Crippen molar-refractivity contribution in [3.8, 4) is 17.4 Å². The fourth-order valence-corrected chi connectivity index (χ4v) is 2.34.